The summed E-state index contributed by atoms with van der Waals surface area (Å²) in [6.07, 6.45) is -1.12. The van der Waals surface area contributed by atoms with Crippen LogP contribution in [0.4, 0.5) is 5.69 Å². The molecule has 0 amide bonds. The van der Waals surface area contributed by atoms with E-state index in [1.54, 1.807) is 18.2 Å². The molecule has 1 unspecified atom stereocenters. The molecule has 0 aliphatic heterocycles. The van der Waals surface area contributed by atoms with Crippen LogP contribution in [0, 0.1) is 6.92 Å². The van der Waals surface area contributed by atoms with Crippen molar-refractivity contribution in [3.63, 3.8) is 0 Å². The van der Waals surface area contributed by atoms with E-state index in [4.69, 9.17) is 13.9 Å². The fraction of sp³-hybridized carbons (Fsp3) is 0.276. The Morgan fingerprint density at radius 2 is 1.59 bits per heavy atom. The Labute approximate surface area is 218 Å². The van der Waals surface area contributed by atoms with E-state index in [2.05, 4.69) is 43.0 Å². The zero-order chi connectivity index (χ0) is 26.4. The number of rotatable bonds is 11. The van der Waals surface area contributed by atoms with Gasteiger partial charge in [0.05, 0.1) is 22.7 Å². The predicted octanol–water partition coefficient (Wildman–Crippen LogP) is 5.20. The topological polar surface area (TPSA) is 89.0 Å². The molecule has 0 saturated carbocycles. The van der Waals surface area contributed by atoms with E-state index in [1.807, 2.05) is 31.2 Å². The highest BCUT2D eigenvalue weighted by Crippen LogP contribution is 2.26. The lowest BCUT2D eigenvalue weighted by Crippen LogP contribution is -2.25. The third-order valence-corrected chi connectivity index (χ3v) is 7.42. The molecule has 8 heteroatoms. The van der Waals surface area contributed by atoms with Gasteiger partial charge in [0.2, 0.25) is 0 Å². The summed E-state index contributed by atoms with van der Waals surface area (Å²) >= 11 is 0. The Balaban J connectivity index is 1.36. The summed E-state index contributed by atoms with van der Waals surface area (Å²) in [5, 5.41) is 11.1. The zero-order valence-electron chi connectivity index (χ0n) is 21.3. The molecule has 4 rings (SSSR count). The van der Waals surface area contributed by atoms with E-state index in [0.717, 1.165) is 40.8 Å². The van der Waals surface area contributed by atoms with E-state index in [-0.39, 0.29) is 11.5 Å². The smallest absolute Gasteiger partial charge is 0.297 e. The van der Waals surface area contributed by atoms with E-state index in [9.17, 15) is 13.5 Å². The van der Waals surface area contributed by atoms with Gasteiger partial charge in [0.25, 0.3) is 10.1 Å². The molecule has 1 heterocycles. The van der Waals surface area contributed by atoms with Gasteiger partial charge in [-0.05, 0) is 69.3 Å². The van der Waals surface area contributed by atoms with Gasteiger partial charge in [-0.15, -0.1) is 0 Å². The van der Waals surface area contributed by atoms with Crippen molar-refractivity contribution in [2.75, 3.05) is 31.2 Å². The van der Waals surface area contributed by atoms with Gasteiger partial charge in [-0.25, -0.2) is 4.98 Å². The number of fused-ring (bicyclic) bond motifs is 1. The summed E-state index contributed by atoms with van der Waals surface area (Å²) in [7, 11) is -3.95. The molecular weight excluding hydrogens is 488 g/mol. The van der Waals surface area contributed by atoms with E-state index in [1.165, 1.54) is 17.8 Å². The van der Waals surface area contributed by atoms with Crippen LogP contribution in [0.25, 0.3) is 22.2 Å². The molecule has 4 aromatic rings. The minimum atomic E-state index is -3.95. The van der Waals surface area contributed by atoms with E-state index < -0.39 is 22.8 Å². The summed E-state index contributed by atoms with van der Waals surface area (Å²) in [6, 6.07) is 24.2. The van der Waals surface area contributed by atoms with E-state index >= 15 is 0 Å². The summed E-state index contributed by atoms with van der Waals surface area (Å²) < 4.78 is 35.2. The summed E-state index contributed by atoms with van der Waals surface area (Å²) in [4.78, 5) is 7.13. The molecule has 194 valence electrons. The van der Waals surface area contributed by atoms with Crippen LogP contribution in [0.1, 0.15) is 19.4 Å². The normalized spacial score (nSPS) is 12.4. The highest BCUT2D eigenvalue weighted by molar-refractivity contribution is 7.86. The summed E-state index contributed by atoms with van der Waals surface area (Å²) in [6.45, 7) is 7.57. The van der Waals surface area contributed by atoms with Crippen molar-refractivity contribution in [1.29, 1.82) is 0 Å². The predicted molar refractivity (Wildman–Crippen MR) is 147 cm³/mol. The number of hydrogen-bond acceptors (Lipinski definition) is 7. The molecule has 0 aliphatic rings. The SMILES string of the molecule is CCN(CC)c1ccc(-c2ccc3cc(OCC(O)COS(=O)(=O)c4ccc(C)cc4)ccc3n2)cc1. The molecule has 0 fully saturated rings. The molecule has 3 aromatic carbocycles. The maximum Gasteiger partial charge on any atom is 0.297 e. The third kappa shape index (κ3) is 6.65. The lowest BCUT2D eigenvalue weighted by Gasteiger charge is -2.21. The second kappa shape index (κ2) is 11.7. The first-order chi connectivity index (χ1) is 17.8. The number of anilines is 1. The monoisotopic (exact) mass is 520 g/mol. The molecule has 0 radical (unpaired) electrons. The number of hydrogen-bond donors (Lipinski definition) is 1. The molecule has 0 spiro atoms. The highest BCUT2D eigenvalue weighted by Gasteiger charge is 2.18. The molecule has 1 aromatic heterocycles. The fourth-order valence-electron chi connectivity index (χ4n) is 3.97. The van der Waals surface area contributed by atoms with Crippen molar-refractivity contribution in [3.05, 3.63) is 84.4 Å². The maximum atomic E-state index is 12.3. The quantitative estimate of drug-likeness (QED) is 0.272. The van der Waals surface area contributed by atoms with Gasteiger partial charge in [-0.1, -0.05) is 35.9 Å². The van der Waals surface area contributed by atoms with Gasteiger partial charge >= 0.3 is 0 Å². The zero-order valence-corrected chi connectivity index (χ0v) is 22.1. The summed E-state index contributed by atoms with van der Waals surface area (Å²) in [5.74, 6) is 0.547. The highest BCUT2D eigenvalue weighted by atomic mass is 32.2. The lowest BCUT2D eigenvalue weighted by atomic mass is 10.1. The van der Waals surface area contributed by atoms with E-state index in [0.29, 0.717) is 5.75 Å². The first-order valence-electron chi connectivity index (χ1n) is 12.3. The number of aromatic nitrogens is 1. The minimum absolute atomic E-state index is 0.0486. The molecule has 1 atom stereocenters. The minimum Gasteiger partial charge on any atom is -0.491 e. The van der Waals surface area contributed by atoms with Gasteiger partial charge in [-0.2, -0.15) is 8.42 Å². The van der Waals surface area contributed by atoms with Crippen molar-refractivity contribution >= 4 is 26.7 Å². The van der Waals surface area contributed by atoms with Crippen LogP contribution in [-0.4, -0.2) is 50.9 Å². The first-order valence-corrected chi connectivity index (χ1v) is 13.7. The lowest BCUT2D eigenvalue weighted by molar-refractivity contribution is 0.0649. The van der Waals surface area contributed by atoms with Gasteiger partial charge < -0.3 is 14.7 Å². The van der Waals surface area contributed by atoms with Gasteiger partial charge in [0.15, 0.2) is 0 Å². The molecule has 0 saturated heterocycles. The Morgan fingerprint density at radius 3 is 2.27 bits per heavy atom. The van der Waals surface area contributed by atoms with Gasteiger partial charge in [0.1, 0.15) is 18.5 Å². The second-order valence-electron chi connectivity index (χ2n) is 8.79. The Morgan fingerprint density at radius 1 is 0.892 bits per heavy atom. The average molecular weight is 521 g/mol. The van der Waals surface area contributed by atoms with Crippen molar-refractivity contribution in [2.45, 2.75) is 31.8 Å². The van der Waals surface area contributed by atoms with Crippen molar-refractivity contribution < 1.29 is 22.4 Å². The Hall–Kier alpha value is -3.46. The van der Waals surface area contributed by atoms with Crippen molar-refractivity contribution in [2.24, 2.45) is 0 Å². The van der Waals surface area contributed by atoms with Crippen molar-refractivity contribution in [3.8, 4) is 17.0 Å². The third-order valence-electron chi connectivity index (χ3n) is 6.12. The van der Waals surface area contributed by atoms with Gasteiger partial charge in [0, 0.05) is 29.7 Å². The maximum absolute atomic E-state index is 12.3. The van der Waals surface area contributed by atoms with Crippen LogP contribution in [-0.2, 0) is 14.3 Å². The molecule has 0 bridgehead atoms. The molecule has 37 heavy (non-hydrogen) atoms. The number of pyridine rings is 1. The molecular formula is C29H32N2O5S. The number of aliphatic hydroxyl groups is 1. The summed E-state index contributed by atoms with van der Waals surface area (Å²) in [5.41, 5.74) is 4.89. The standard InChI is InChI=1S/C29H32N2O5S/c1-4-31(5-2)24-11-8-22(9-12-24)28-16-10-23-18-26(13-17-29(23)30-28)35-19-25(32)20-36-37(33,34)27-14-6-21(3)7-15-27/h6-18,25,32H,4-5,19-20H2,1-3H3. The number of aryl methyl sites for hydroxylation is 1. The van der Waals surface area contributed by atoms with Crippen LogP contribution in [0.15, 0.2) is 83.8 Å². The van der Waals surface area contributed by atoms with Crippen LogP contribution in [0.5, 0.6) is 5.75 Å². The van der Waals surface area contributed by atoms with Gasteiger partial charge in [-0.3, -0.25) is 4.18 Å². The molecule has 7 nitrogen and oxygen atoms in total. The Kier molecular flexibility index (Phi) is 8.43. The number of benzene rings is 3. The van der Waals surface area contributed by atoms with Crippen LogP contribution in [0.2, 0.25) is 0 Å². The van der Waals surface area contributed by atoms with Crippen LogP contribution < -0.4 is 9.64 Å². The second-order valence-corrected chi connectivity index (χ2v) is 10.4. The number of ether oxygens (including phenoxy) is 1. The van der Waals surface area contributed by atoms with Crippen LogP contribution >= 0.6 is 0 Å². The van der Waals surface area contributed by atoms with Crippen LogP contribution in [0.3, 0.4) is 0 Å². The average Bonchev–Trinajstić information content (AvgIpc) is 2.92. The largest absolute Gasteiger partial charge is 0.491 e. The number of aliphatic hydroxyl groups excluding tert-OH is 1. The first kappa shape index (κ1) is 26.6. The molecule has 0 aliphatic carbocycles. The van der Waals surface area contributed by atoms with Crippen molar-refractivity contribution in [1.82, 2.24) is 4.98 Å². The Bertz CT molecular complexity index is 1430. The molecule has 1 N–H and O–H groups in total. The fourth-order valence-corrected chi connectivity index (χ4v) is 4.91. The number of nitrogens with zero attached hydrogens (tertiary/aromatic N) is 2.